The summed E-state index contributed by atoms with van der Waals surface area (Å²) in [6.07, 6.45) is 2.18. The zero-order valence-electron chi connectivity index (χ0n) is 20.4. The van der Waals surface area contributed by atoms with E-state index >= 15 is 0 Å². The van der Waals surface area contributed by atoms with Crippen molar-refractivity contribution in [3.8, 4) is 17.0 Å². The number of anilines is 2. The molecule has 4 rings (SSSR count). The molecule has 0 unspecified atom stereocenters. The number of pyridine rings is 2. The van der Waals surface area contributed by atoms with Gasteiger partial charge in [0.15, 0.2) is 0 Å². The molecule has 1 aliphatic rings. The van der Waals surface area contributed by atoms with Crippen LogP contribution < -0.4 is 20.1 Å². The van der Waals surface area contributed by atoms with Gasteiger partial charge in [-0.1, -0.05) is 13.0 Å². The summed E-state index contributed by atoms with van der Waals surface area (Å²) in [5, 5.41) is 0. The van der Waals surface area contributed by atoms with Gasteiger partial charge in [0, 0.05) is 18.3 Å². The van der Waals surface area contributed by atoms with Crippen molar-refractivity contribution in [1.82, 2.24) is 14.7 Å². The van der Waals surface area contributed by atoms with Crippen molar-refractivity contribution in [3.05, 3.63) is 60.0 Å². The molecule has 11 heteroatoms. The van der Waals surface area contributed by atoms with Crippen LogP contribution in [0.25, 0.3) is 11.3 Å². The Kier molecular flexibility index (Phi) is 6.61. The third-order valence-corrected chi connectivity index (χ3v) is 7.59. The van der Waals surface area contributed by atoms with Crippen LogP contribution in [0.1, 0.15) is 37.6 Å². The smallest absolute Gasteiger partial charge is 0.268 e. The van der Waals surface area contributed by atoms with E-state index in [-0.39, 0.29) is 44.6 Å². The molecule has 1 saturated heterocycles. The number of nitrogen functional groups attached to an aromatic ring is 1. The van der Waals surface area contributed by atoms with E-state index in [4.69, 9.17) is 10.5 Å². The number of aromatic nitrogens is 2. The lowest BCUT2D eigenvalue weighted by atomic mass is 9.97. The van der Waals surface area contributed by atoms with Crippen LogP contribution in [0.2, 0.25) is 0 Å². The number of halogens is 1. The van der Waals surface area contributed by atoms with E-state index in [1.165, 1.54) is 49.7 Å². The Bertz CT molecular complexity index is 1430. The molecule has 1 atom stereocenters. The van der Waals surface area contributed by atoms with Gasteiger partial charge in [-0.25, -0.2) is 27.5 Å². The summed E-state index contributed by atoms with van der Waals surface area (Å²) in [6, 6.07) is 10.0. The van der Waals surface area contributed by atoms with Crippen LogP contribution in [-0.2, 0) is 10.0 Å². The van der Waals surface area contributed by atoms with Crippen LogP contribution in [-0.4, -0.2) is 43.5 Å². The van der Waals surface area contributed by atoms with E-state index in [1.54, 1.807) is 6.07 Å². The highest BCUT2D eigenvalue weighted by Gasteiger charge is 2.39. The van der Waals surface area contributed by atoms with Crippen molar-refractivity contribution < 1.29 is 22.3 Å². The lowest BCUT2D eigenvalue weighted by molar-refractivity contribution is 0.0981. The van der Waals surface area contributed by atoms with Gasteiger partial charge in [-0.05, 0) is 62.6 Å². The standard InChI is InChI=1S/C25H28FN5O4S/c1-15-13-25(2,3)31(14-15)23-16(24(32)30-36(33,34)20-9-6-12-28-22(20)27)10-11-18(29-23)21-17(26)7-5-8-19(21)35-4/h5-12,15H,13-14H2,1-4H3,(H2,27,28)(H,30,32)/t15-/m0/s1. The number of benzene rings is 1. The number of carbonyl (C=O) groups is 1. The average molecular weight is 514 g/mol. The van der Waals surface area contributed by atoms with Gasteiger partial charge in [-0.3, -0.25) is 4.79 Å². The third kappa shape index (κ3) is 4.70. The minimum absolute atomic E-state index is 0.0299. The third-order valence-electron chi connectivity index (χ3n) is 6.22. The molecular formula is C25H28FN5O4S. The lowest BCUT2D eigenvalue weighted by Crippen LogP contribution is -2.41. The van der Waals surface area contributed by atoms with Crippen molar-refractivity contribution in [3.63, 3.8) is 0 Å². The molecule has 0 spiro atoms. The molecule has 3 aromatic rings. The summed E-state index contributed by atoms with van der Waals surface area (Å²) < 4.78 is 48.1. The molecule has 0 aliphatic carbocycles. The van der Waals surface area contributed by atoms with Gasteiger partial charge in [0.25, 0.3) is 15.9 Å². The first-order valence-electron chi connectivity index (χ1n) is 11.3. The molecule has 0 bridgehead atoms. The van der Waals surface area contributed by atoms with Crippen LogP contribution >= 0.6 is 0 Å². The molecule has 3 heterocycles. The fourth-order valence-electron chi connectivity index (χ4n) is 4.72. The minimum atomic E-state index is -4.31. The van der Waals surface area contributed by atoms with Gasteiger partial charge in [0.1, 0.15) is 28.1 Å². The summed E-state index contributed by atoms with van der Waals surface area (Å²) in [5.74, 6) is -0.818. The second-order valence-corrected chi connectivity index (χ2v) is 11.1. The van der Waals surface area contributed by atoms with Crippen molar-refractivity contribution in [2.24, 2.45) is 5.92 Å². The molecule has 3 N–H and O–H groups in total. The summed E-state index contributed by atoms with van der Waals surface area (Å²) in [4.78, 5) is 23.4. The first-order valence-corrected chi connectivity index (χ1v) is 12.8. The predicted octanol–water partition coefficient (Wildman–Crippen LogP) is 3.62. The summed E-state index contributed by atoms with van der Waals surface area (Å²) in [7, 11) is -2.88. The van der Waals surface area contributed by atoms with Crippen LogP contribution in [0.4, 0.5) is 16.0 Å². The molecule has 1 fully saturated rings. The van der Waals surface area contributed by atoms with Crippen molar-refractivity contribution in [2.45, 2.75) is 37.6 Å². The number of nitrogens with one attached hydrogen (secondary N) is 1. The van der Waals surface area contributed by atoms with E-state index in [0.717, 1.165) is 6.42 Å². The van der Waals surface area contributed by atoms with E-state index < -0.39 is 21.7 Å². The Balaban J connectivity index is 1.83. The number of nitrogens with two attached hydrogens (primary N) is 1. The van der Waals surface area contributed by atoms with Crippen LogP contribution in [0.5, 0.6) is 5.75 Å². The second-order valence-electron chi connectivity index (χ2n) is 9.44. The maximum atomic E-state index is 14.8. The number of sulfonamides is 1. The Morgan fingerprint density at radius 1 is 1.22 bits per heavy atom. The second kappa shape index (κ2) is 9.38. The van der Waals surface area contributed by atoms with Crippen LogP contribution in [0.15, 0.2) is 53.6 Å². The zero-order chi connectivity index (χ0) is 26.3. The number of hydrogen-bond acceptors (Lipinski definition) is 8. The van der Waals surface area contributed by atoms with E-state index in [9.17, 15) is 17.6 Å². The van der Waals surface area contributed by atoms with Gasteiger partial charge in [-0.15, -0.1) is 0 Å². The average Bonchev–Trinajstić information content (AvgIpc) is 3.09. The predicted molar refractivity (Wildman–Crippen MR) is 135 cm³/mol. The number of rotatable bonds is 6. The SMILES string of the molecule is COc1cccc(F)c1-c1ccc(C(=O)NS(=O)(=O)c2cccnc2N)c(N2C[C@@H](C)CC2(C)C)n1. The largest absolute Gasteiger partial charge is 0.496 e. The maximum absolute atomic E-state index is 14.8. The molecule has 9 nitrogen and oxygen atoms in total. The molecule has 0 radical (unpaired) electrons. The number of carbonyl (C=O) groups excluding carboxylic acids is 1. The molecule has 1 aromatic carbocycles. The number of nitrogens with zero attached hydrogens (tertiary/aromatic N) is 3. The normalized spacial score (nSPS) is 17.1. The van der Waals surface area contributed by atoms with E-state index in [0.29, 0.717) is 12.5 Å². The fraction of sp³-hybridized carbons (Fsp3) is 0.320. The van der Waals surface area contributed by atoms with E-state index in [2.05, 4.69) is 21.6 Å². The first kappa shape index (κ1) is 25.4. The monoisotopic (exact) mass is 513 g/mol. The molecule has 2 aromatic heterocycles. The Morgan fingerprint density at radius 2 is 1.97 bits per heavy atom. The van der Waals surface area contributed by atoms with Crippen LogP contribution in [0.3, 0.4) is 0 Å². The van der Waals surface area contributed by atoms with Crippen LogP contribution in [0, 0.1) is 11.7 Å². The highest BCUT2D eigenvalue weighted by Crippen LogP contribution is 2.39. The Labute approximate surface area is 209 Å². The topological polar surface area (TPSA) is 128 Å². The fourth-order valence-corrected chi connectivity index (χ4v) is 5.76. The molecular weight excluding hydrogens is 485 g/mol. The number of hydrogen-bond donors (Lipinski definition) is 2. The van der Waals surface area contributed by atoms with Gasteiger partial charge < -0.3 is 15.4 Å². The van der Waals surface area contributed by atoms with Crippen molar-refractivity contribution >= 4 is 27.6 Å². The Morgan fingerprint density at radius 3 is 2.61 bits per heavy atom. The molecule has 0 saturated carbocycles. The van der Waals surface area contributed by atoms with Gasteiger partial charge in [0.05, 0.1) is 23.9 Å². The number of amides is 1. The molecule has 1 aliphatic heterocycles. The first-order chi connectivity index (χ1) is 16.9. The Hall–Kier alpha value is -3.73. The molecule has 36 heavy (non-hydrogen) atoms. The van der Waals surface area contributed by atoms with E-state index in [1.807, 2.05) is 18.7 Å². The van der Waals surface area contributed by atoms with Crippen molar-refractivity contribution in [2.75, 3.05) is 24.3 Å². The molecule has 190 valence electrons. The van der Waals surface area contributed by atoms with Crippen molar-refractivity contribution in [1.29, 1.82) is 0 Å². The summed E-state index contributed by atoms with van der Waals surface area (Å²) >= 11 is 0. The maximum Gasteiger partial charge on any atom is 0.268 e. The molecule has 1 amide bonds. The minimum Gasteiger partial charge on any atom is -0.496 e. The van der Waals surface area contributed by atoms with Gasteiger partial charge >= 0.3 is 0 Å². The van der Waals surface area contributed by atoms with Gasteiger partial charge in [-0.2, -0.15) is 0 Å². The zero-order valence-corrected chi connectivity index (χ0v) is 21.3. The quantitative estimate of drug-likeness (QED) is 0.512. The summed E-state index contributed by atoms with van der Waals surface area (Å²) in [6.45, 7) is 6.70. The lowest BCUT2D eigenvalue weighted by Gasteiger charge is -2.34. The van der Waals surface area contributed by atoms with Gasteiger partial charge in [0.2, 0.25) is 0 Å². The highest BCUT2D eigenvalue weighted by molar-refractivity contribution is 7.90. The summed E-state index contributed by atoms with van der Waals surface area (Å²) in [5.41, 5.74) is 5.77. The number of ether oxygens (including phenoxy) is 1. The number of methoxy groups -OCH3 is 1. The highest BCUT2D eigenvalue weighted by atomic mass is 32.2.